The molecule has 0 radical (unpaired) electrons. The Kier molecular flexibility index (Phi) is 5.60. The fraction of sp³-hybridized carbons (Fsp3) is 0.400. The molecule has 3 rings (SSSR count). The summed E-state index contributed by atoms with van der Waals surface area (Å²) in [5.74, 6) is 0.254. The van der Waals surface area contributed by atoms with Crippen LogP contribution in [0.25, 0.3) is 0 Å². The number of aryl methyl sites for hydroxylation is 1. The Labute approximate surface area is 162 Å². The van der Waals surface area contributed by atoms with Gasteiger partial charge in [-0.3, -0.25) is 4.79 Å². The third-order valence-electron chi connectivity index (χ3n) is 4.67. The lowest BCUT2D eigenvalue weighted by Crippen LogP contribution is -2.35. The summed E-state index contributed by atoms with van der Waals surface area (Å²) in [6.45, 7) is 7.09. The van der Waals surface area contributed by atoms with Gasteiger partial charge in [0.1, 0.15) is 5.69 Å². The maximum Gasteiger partial charge on any atom is 0.355 e. The van der Waals surface area contributed by atoms with E-state index in [4.69, 9.17) is 14.2 Å². The van der Waals surface area contributed by atoms with Crippen LogP contribution in [0, 0.1) is 13.8 Å². The van der Waals surface area contributed by atoms with E-state index >= 15 is 0 Å². The number of aromatic amines is 1. The summed E-state index contributed by atoms with van der Waals surface area (Å²) in [4.78, 5) is 27.6. The largest absolute Gasteiger partial charge is 0.454 e. The fourth-order valence-electron chi connectivity index (χ4n) is 3.25. The molecule has 28 heavy (non-hydrogen) atoms. The molecule has 8 nitrogen and oxygen atoms in total. The number of carbonyl (C=O) groups excluding carboxylic acids is 2. The van der Waals surface area contributed by atoms with Gasteiger partial charge in [-0.25, -0.2) is 4.79 Å². The maximum absolute atomic E-state index is 12.4. The van der Waals surface area contributed by atoms with Crippen molar-refractivity contribution < 1.29 is 28.9 Å². The number of nitrogens with one attached hydrogen (secondary N) is 2. The summed E-state index contributed by atoms with van der Waals surface area (Å²) >= 11 is 0. The van der Waals surface area contributed by atoms with Gasteiger partial charge >= 0.3 is 5.97 Å². The zero-order valence-corrected chi connectivity index (χ0v) is 16.3. The predicted molar refractivity (Wildman–Crippen MR) is 100 cm³/mol. The highest BCUT2D eigenvalue weighted by Crippen LogP contribution is 2.32. The van der Waals surface area contributed by atoms with Gasteiger partial charge in [0.25, 0.3) is 5.91 Å². The number of ether oxygens (including phenoxy) is 3. The standard InChI is InChI=1S/C20H24N2O6/c1-10-17(12(3)23)11(2)22-18(10)20(25)28-13(4)19(24)21-8-14-5-6-15-16(7-14)27-9-26-15/h5-7,12-13,22-23H,8-9H2,1-4H3,(H,21,24)/t12-,13-/m1/s1. The summed E-state index contributed by atoms with van der Waals surface area (Å²) in [6.07, 6.45) is -1.68. The molecule has 3 N–H and O–H groups in total. The Morgan fingerprint density at radius 1 is 1.25 bits per heavy atom. The molecular formula is C20H24N2O6. The van der Waals surface area contributed by atoms with E-state index in [-0.39, 0.29) is 19.0 Å². The topological polar surface area (TPSA) is 110 Å². The predicted octanol–water partition coefficient (Wildman–Crippen LogP) is 2.28. The number of hydrogen-bond donors (Lipinski definition) is 3. The van der Waals surface area contributed by atoms with Crippen molar-refractivity contribution in [2.75, 3.05) is 6.79 Å². The van der Waals surface area contributed by atoms with Crippen LogP contribution in [0.1, 0.15) is 52.8 Å². The Bertz CT molecular complexity index is 902. The van der Waals surface area contributed by atoms with Gasteiger partial charge in [-0.05, 0) is 51.0 Å². The van der Waals surface area contributed by atoms with E-state index in [1.54, 1.807) is 32.9 Å². The number of fused-ring (bicyclic) bond motifs is 1. The molecule has 150 valence electrons. The molecule has 8 heteroatoms. The van der Waals surface area contributed by atoms with Gasteiger partial charge in [-0.2, -0.15) is 0 Å². The van der Waals surface area contributed by atoms with E-state index in [1.807, 2.05) is 6.07 Å². The van der Waals surface area contributed by atoms with Crippen molar-refractivity contribution in [1.82, 2.24) is 10.3 Å². The number of aliphatic hydroxyl groups is 1. The molecule has 1 aliphatic heterocycles. The van der Waals surface area contributed by atoms with Gasteiger partial charge in [0.2, 0.25) is 6.79 Å². The number of esters is 1. The Morgan fingerprint density at radius 3 is 2.64 bits per heavy atom. The number of aromatic nitrogens is 1. The number of H-pyrrole nitrogens is 1. The Morgan fingerprint density at radius 2 is 1.96 bits per heavy atom. The van der Waals surface area contributed by atoms with Crippen molar-refractivity contribution in [2.45, 2.75) is 46.4 Å². The summed E-state index contributed by atoms with van der Waals surface area (Å²) in [6, 6.07) is 5.40. The molecule has 2 aromatic rings. The third kappa shape index (κ3) is 3.96. The minimum Gasteiger partial charge on any atom is -0.454 e. The molecule has 2 heterocycles. The van der Waals surface area contributed by atoms with Crippen molar-refractivity contribution in [2.24, 2.45) is 0 Å². The van der Waals surface area contributed by atoms with Gasteiger partial charge in [-0.1, -0.05) is 6.07 Å². The van der Waals surface area contributed by atoms with Crippen molar-refractivity contribution in [1.29, 1.82) is 0 Å². The first-order chi connectivity index (χ1) is 13.3. The number of rotatable bonds is 6. The molecule has 0 saturated heterocycles. The molecule has 0 spiro atoms. The average molecular weight is 388 g/mol. The first kappa shape index (κ1) is 19.8. The summed E-state index contributed by atoms with van der Waals surface area (Å²) in [7, 11) is 0. The molecule has 0 bridgehead atoms. The van der Waals surface area contributed by atoms with Crippen molar-refractivity contribution >= 4 is 11.9 Å². The van der Waals surface area contributed by atoms with Crippen LogP contribution in [0.2, 0.25) is 0 Å². The molecule has 0 saturated carbocycles. The smallest absolute Gasteiger partial charge is 0.355 e. The number of benzene rings is 1. The van der Waals surface area contributed by atoms with Crippen molar-refractivity contribution in [3.63, 3.8) is 0 Å². The molecule has 1 amide bonds. The van der Waals surface area contributed by atoms with E-state index < -0.39 is 24.1 Å². The highest BCUT2D eigenvalue weighted by molar-refractivity contribution is 5.92. The van der Waals surface area contributed by atoms with Crippen LogP contribution in [0.4, 0.5) is 0 Å². The molecule has 0 fully saturated rings. The van der Waals surface area contributed by atoms with Crippen LogP contribution in [-0.4, -0.2) is 34.9 Å². The SMILES string of the molecule is Cc1[nH]c(C(=O)O[C@H](C)C(=O)NCc2ccc3c(c2)OCO3)c(C)c1[C@@H](C)O. The van der Waals surface area contributed by atoms with Crippen LogP contribution in [0.15, 0.2) is 18.2 Å². The van der Waals surface area contributed by atoms with Crippen LogP contribution in [-0.2, 0) is 16.1 Å². The summed E-state index contributed by atoms with van der Waals surface area (Å²) < 4.78 is 15.8. The monoisotopic (exact) mass is 388 g/mol. The van der Waals surface area contributed by atoms with Gasteiger partial charge < -0.3 is 29.6 Å². The number of aliphatic hydroxyl groups excluding tert-OH is 1. The van der Waals surface area contributed by atoms with Crippen LogP contribution in [0.5, 0.6) is 11.5 Å². The quantitative estimate of drug-likeness (QED) is 0.655. The lowest BCUT2D eigenvalue weighted by Gasteiger charge is -2.14. The fourth-order valence-corrected chi connectivity index (χ4v) is 3.25. The molecule has 1 aliphatic rings. The van der Waals surface area contributed by atoms with Gasteiger partial charge in [0.15, 0.2) is 17.6 Å². The van der Waals surface area contributed by atoms with E-state index in [2.05, 4.69) is 10.3 Å². The second-order valence-electron chi connectivity index (χ2n) is 6.79. The first-order valence-electron chi connectivity index (χ1n) is 9.02. The zero-order valence-electron chi connectivity index (χ0n) is 16.3. The minimum atomic E-state index is -0.973. The molecule has 1 aromatic heterocycles. The van der Waals surface area contributed by atoms with Gasteiger partial charge in [-0.15, -0.1) is 0 Å². The molecular weight excluding hydrogens is 364 g/mol. The molecule has 0 unspecified atom stereocenters. The Hall–Kier alpha value is -3.00. The van der Waals surface area contributed by atoms with E-state index in [1.165, 1.54) is 6.92 Å². The van der Waals surface area contributed by atoms with Crippen molar-refractivity contribution in [3.05, 3.63) is 46.3 Å². The summed E-state index contributed by atoms with van der Waals surface area (Å²) in [5.41, 5.74) is 3.05. The highest BCUT2D eigenvalue weighted by atomic mass is 16.7. The normalized spacial score (nSPS) is 14.5. The second kappa shape index (κ2) is 7.93. The van der Waals surface area contributed by atoms with Crippen molar-refractivity contribution in [3.8, 4) is 11.5 Å². The van der Waals surface area contributed by atoms with Gasteiger partial charge in [0, 0.05) is 17.8 Å². The number of hydrogen-bond acceptors (Lipinski definition) is 6. The molecule has 1 aromatic carbocycles. The van der Waals surface area contributed by atoms with Crippen LogP contribution in [0.3, 0.4) is 0 Å². The van der Waals surface area contributed by atoms with Crippen LogP contribution >= 0.6 is 0 Å². The second-order valence-corrected chi connectivity index (χ2v) is 6.79. The third-order valence-corrected chi connectivity index (χ3v) is 4.67. The van der Waals surface area contributed by atoms with Gasteiger partial charge in [0.05, 0.1) is 6.10 Å². The van der Waals surface area contributed by atoms with E-state index in [0.29, 0.717) is 28.3 Å². The van der Waals surface area contributed by atoms with E-state index in [0.717, 1.165) is 5.56 Å². The average Bonchev–Trinajstić information content (AvgIpc) is 3.22. The number of amides is 1. The van der Waals surface area contributed by atoms with Crippen LogP contribution < -0.4 is 14.8 Å². The Balaban J connectivity index is 1.58. The minimum absolute atomic E-state index is 0.187. The van der Waals surface area contributed by atoms with E-state index in [9.17, 15) is 14.7 Å². The lowest BCUT2D eigenvalue weighted by atomic mass is 10.1. The maximum atomic E-state index is 12.4. The molecule has 2 atom stereocenters. The zero-order chi connectivity index (χ0) is 20.4. The highest BCUT2D eigenvalue weighted by Gasteiger charge is 2.24. The molecule has 0 aliphatic carbocycles. The summed E-state index contributed by atoms with van der Waals surface area (Å²) in [5, 5.41) is 12.6. The number of carbonyl (C=O) groups is 2. The lowest BCUT2D eigenvalue weighted by molar-refractivity contribution is -0.129. The first-order valence-corrected chi connectivity index (χ1v) is 9.02.